The van der Waals surface area contributed by atoms with Crippen LogP contribution in [-0.2, 0) is 4.79 Å². The Kier molecular flexibility index (Phi) is 10.2. The van der Waals surface area contributed by atoms with Crippen LogP contribution in [0.2, 0.25) is 5.02 Å². The number of halogens is 2. The summed E-state index contributed by atoms with van der Waals surface area (Å²) in [5.74, 6) is 0.549. The van der Waals surface area contributed by atoms with Crippen LogP contribution in [0.1, 0.15) is 32.4 Å². The van der Waals surface area contributed by atoms with E-state index in [0.29, 0.717) is 11.0 Å². The Morgan fingerprint density at radius 1 is 1.22 bits per heavy atom. The number of carbonyl (C=O) groups excluding carboxylic acids is 1. The number of rotatable bonds is 5. The molecule has 1 unspecified atom stereocenters. The van der Waals surface area contributed by atoms with Gasteiger partial charge in [-0.2, -0.15) is 0 Å². The fraction of sp³-hybridized carbons (Fsp3) is 0.500. The topological polar surface area (TPSA) is 56.7 Å². The first-order chi connectivity index (χ1) is 10.3. The second-order valence-corrected chi connectivity index (χ2v) is 6.05. The van der Waals surface area contributed by atoms with Crippen LogP contribution in [0.25, 0.3) is 0 Å². The Morgan fingerprint density at radius 2 is 1.83 bits per heavy atom. The third kappa shape index (κ3) is 7.87. The number of amides is 1. The minimum absolute atomic E-state index is 0. The van der Waals surface area contributed by atoms with Gasteiger partial charge in [-0.3, -0.25) is 4.79 Å². The van der Waals surface area contributed by atoms with Crippen molar-refractivity contribution in [2.45, 2.75) is 32.9 Å². The summed E-state index contributed by atoms with van der Waals surface area (Å²) in [5, 5.41) is 7.21. The molecule has 0 aliphatic rings. The van der Waals surface area contributed by atoms with Crippen LogP contribution in [0.15, 0.2) is 29.3 Å². The molecule has 0 aliphatic heterocycles. The molecule has 0 saturated heterocycles. The standard InChI is InChI=1S/C16H25ClN4O.HI/c1-11(2)19-16(18-10-15(22)21(4)5)20-12(3)13-8-6-7-9-14(13)17;/h6-9,11-12H,10H2,1-5H3,(H2,18,19,20);1H. The number of likely N-dealkylation sites (N-methyl/N-ethyl adjacent to an activating group) is 1. The maximum Gasteiger partial charge on any atom is 0.243 e. The number of hydrogen-bond acceptors (Lipinski definition) is 2. The Balaban J connectivity index is 0.00000484. The number of nitrogens with one attached hydrogen (secondary N) is 2. The summed E-state index contributed by atoms with van der Waals surface area (Å²) < 4.78 is 0. The van der Waals surface area contributed by atoms with E-state index >= 15 is 0 Å². The Morgan fingerprint density at radius 3 is 2.35 bits per heavy atom. The molecule has 0 fully saturated rings. The average molecular weight is 453 g/mol. The van der Waals surface area contributed by atoms with Crippen LogP contribution in [0, 0.1) is 0 Å². The molecule has 1 amide bonds. The van der Waals surface area contributed by atoms with Gasteiger partial charge in [-0.1, -0.05) is 29.8 Å². The summed E-state index contributed by atoms with van der Waals surface area (Å²) in [4.78, 5) is 17.5. The number of nitrogens with zero attached hydrogens (tertiary/aromatic N) is 2. The Labute approximate surface area is 160 Å². The van der Waals surface area contributed by atoms with Gasteiger partial charge >= 0.3 is 0 Å². The number of benzene rings is 1. The number of aliphatic imine (C=N–C) groups is 1. The molecule has 0 spiro atoms. The van der Waals surface area contributed by atoms with Crippen molar-refractivity contribution in [3.05, 3.63) is 34.9 Å². The van der Waals surface area contributed by atoms with Gasteiger partial charge in [0, 0.05) is 25.2 Å². The predicted molar refractivity (Wildman–Crippen MR) is 108 cm³/mol. The van der Waals surface area contributed by atoms with Gasteiger partial charge in [0.05, 0.1) is 6.04 Å². The Hall–Kier alpha value is -1.02. The van der Waals surface area contributed by atoms with Crippen LogP contribution in [0.3, 0.4) is 0 Å². The zero-order valence-electron chi connectivity index (χ0n) is 14.3. The van der Waals surface area contributed by atoms with Crippen molar-refractivity contribution in [1.82, 2.24) is 15.5 Å². The van der Waals surface area contributed by atoms with E-state index in [1.165, 1.54) is 4.90 Å². The molecule has 5 nitrogen and oxygen atoms in total. The highest BCUT2D eigenvalue weighted by Gasteiger charge is 2.12. The van der Waals surface area contributed by atoms with Crippen molar-refractivity contribution in [1.29, 1.82) is 0 Å². The molecule has 0 heterocycles. The quantitative estimate of drug-likeness (QED) is 0.410. The molecule has 2 N–H and O–H groups in total. The van der Waals surface area contributed by atoms with Gasteiger partial charge in [-0.25, -0.2) is 4.99 Å². The molecule has 0 radical (unpaired) electrons. The molecular formula is C16H26ClIN4O. The summed E-state index contributed by atoms with van der Waals surface area (Å²) in [6.07, 6.45) is 0. The molecule has 23 heavy (non-hydrogen) atoms. The van der Waals surface area contributed by atoms with Crippen molar-refractivity contribution < 1.29 is 4.79 Å². The largest absolute Gasteiger partial charge is 0.354 e. The molecule has 1 atom stereocenters. The first kappa shape index (κ1) is 22.0. The van der Waals surface area contributed by atoms with Crippen LogP contribution in [0.5, 0.6) is 0 Å². The third-order valence-electron chi connectivity index (χ3n) is 3.02. The molecule has 130 valence electrons. The zero-order valence-corrected chi connectivity index (χ0v) is 17.3. The number of carbonyl (C=O) groups is 1. The van der Waals surface area contributed by atoms with Crippen LogP contribution >= 0.6 is 35.6 Å². The smallest absolute Gasteiger partial charge is 0.243 e. The monoisotopic (exact) mass is 452 g/mol. The molecule has 0 aliphatic carbocycles. The van der Waals surface area contributed by atoms with Gasteiger partial charge in [-0.15, -0.1) is 24.0 Å². The second-order valence-electron chi connectivity index (χ2n) is 5.64. The van der Waals surface area contributed by atoms with Crippen molar-refractivity contribution in [2.24, 2.45) is 4.99 Å². The van der Waals surface area contributed by atoms with E-state index in [-0.39, 0.29) is 48.5 Å². The second kappa shape index (κ2) is 10.7. The lowest BCUT2D eigenvalue weighted by atomic mass is 10.1. The van der Waals surface area contributed by atoms with Crippen molar-refractivity contribution in [3.8, 4) is 0 Å². The van der Waals surface area contributed by atoms with Crippen molar-refractivity contribution in [3.63, 3.8) is 0 Å². The summed E-state index contributed by atoms with van der Waals surface area (Å²) in [5.41, 5.74) is 0.987. The van der Waals surface area contributed by atoms with Gasteiger partial charge < -0.3 is 15.5 Å². The van der Waals surface area contributed by atoms with E-state index in [2.05, 4.69) is 15.6 Å². The van der Waals surface area contributed by atoms with Crippen molar-refractivity contribution >= 4 is 47.4 Å². The fourth-order valence-electron chi connectivity index (χ4n) is 1.80. The van der Waals surface area contributed by atoms with E-state index in [1.807, 2.05) is 45.0 Å². The van der Waals surface area contributed by atoms with E-state index < -0.39 is 0 Å². The lowest BCUT2D eigenvalue weighted by molar-refractivity contribution is -0.127. The average Bonchev–Trinajstić information content (AvgIpc) is 2.43. The maximum atomic E-state index is 11.7. The Bertz CT molecular complexity index is 535. The maximum absolute atomic E-state index is 11.7. The molecule has 1 aromatic carbocycles. The minimum Gasteiger partial charge on any atom is -0.354 e. The van der Waals surface area contributed by atoms with Gasteiger partial charge in [-0.05, 0) is 32.4 Å². The molecule has 0 aromatic heterocycles. The van der Waals surface area contributed by atoms with Crippen LogP contribution in [-0.4, -0.2) is 43.4 Å². The summed E-state index contributed by atoms with van der Waals surface area (Å²) in [7, 11) is 3.43. The SMILES string of the molecule is CC(C)NC(=NCC(=O)N(C)C)NC(C)c1ccccc1Cl.I. The highest BCUT2D eigenvalue weighted by atomic mass is 127. The van der Waals surface area contributed by atoms with E-state index in [1.54, 1.807) is 14.1 Å². The van der Waals surface area contributed by atoms with E-state index in [0.717, 1.165) is 5.56 Å². The molecule has 7 heteroatoms. The first-order valence-electron chi connectivity index (χ1n) is 7.33. The van der Waals surface area contributed by atoms with Crippen LogP contribution in [0.4, 0.5) is 0 Å². The fourth-order valence-corrected chi connectivity index (χ4v) is 2.10. The van der Waals surface area contributed by atoms with Gasteiger partial charge in [0.15, 0.2) is 5.96 Å². The number of guanidine groups is 1. The van der Waals surface area contributed by atoms with Gasteiger partial charge in [0.1, 0.15) is 6.54 Å². The van der Waals surface area contributed by atoms with Crippen LogP contribution < -0.4 is 10.6 Å². The normalized spacial score (nSPS) is 12.4. The lowest BCUT2D eigenvalue weighted by Crippen LogP contribution is -2.43. The third-order valence-corrected chi connectivity index (χ3v) is 3.37. The number of hydrogen-bond donors (Lipinski definition) is 2. The molecular weight excluding hydrogens is 427 g/mol. The highest BCUT2D eigenvalue weighted by molar-refractivity contribution is 14.0. The van der Waals surface area contributed by atoms with E-state index in [4.69, 9.17) is 11.6 Å². The summed E-state index contributed by atoms with van der Waals surface area (Å²) >= 11 is 6.22. The molecule has 1 aromatic rings. The summed E-state index contributed by atoms with van der Waals surface area (Å²) in [6.45, 7) is 6.15. The van der Waals surface area contributed by atoms with Crippen molar-refractivity contribution in [2.75, 3.05) is 20.6 Å². The molecule has 1 rings (SSSR count). The first-order valence-corrected chi connectivity index (χ1v) is 7.71. The molecule has 0 bridgehead atoms. The predicted octanol–water partition coefficient (Wildman–Crippen LogP) is 3.05. The summed E-state index contributed by atoms with van der Waals surface area (Å²) in [6, 6.07) is 7.86. The minimum atomic E-state index is -0.0461. The molecule has 0 saturated carbocycles. The highest BCUT2D eigenvalue weighted by Crippen LogP contribution is 2.21. The lowest BCUT2D eigenvalue weighted by Gasteiger charge is -2.21. The van der Waals surface area contributed by atoms with E-state index in [9.17, 15) is 4.79 Å². The van der Waals surface area contributed by atoms with Gasteiger partial charge in [0.25, 0.3) is 0 Å². The van der Waals surface area contributed by atoms with Gasteiger partial charge in [0.2, 0.25) is 5.91 Å². The zero-order chi connectivity index (χ0) is 16.7.